The van der Waals surface area contributed by atoms with Crippen LogP contribution in [-0.2, 0) is 13.0 Å². The zero-order chi connectivity index (χ0) is 11.7. The average Bonchev–Trinajstić information content (AvgIpc) is 2.39. The van der Waals surface area contributed by atoms with Gasteiger partial charge in [-0.05, 0) is 56.6 Å². The minimum absolute atomic E-state index is 0.809. The molecule has 1 aromatic rings. The molecular weight excluding hydrogens is 208 g/mol. The first kappa shape index (κ1) is 11.2. The zero-order valence-electron chi connectivity index (χ0n) is 10.7. The van der Waals surface area contributed by atoms with Crippen molar-refractivity contribution in [3.8, 4) is 0 Å². The molecule has 2 heteroatoms. The number of benzene rings is 1. The second kappa shape index (κ2) is 4.79. The van der Waals surface area contributed by atoms with Crippen LogP contribution < -0.4 is 0 Å². The molecule has 0 unspecified atom stereocenters. The van der Waals surface area contributed by atoms with Crippen molar-refractivity contribution in [1.82, 2.24) is 9.80 Å². The van der Waals surface area contributed by atoms with Gasteiger partial charge in [-0.25, -0.2) is 0 Å². The van der Waals surface area contributed by atoms with Crippen LogP contribution in [0.3, 0.4) is 0 Å². The van der Waals surface area contributed by atoms with Gasteiger partial charge < -0.3 is 4.90 Å². The van der Waals surface area contributed by atoms with E-state index in [0.717, 1.165) is 12.6 Å². The van der Waals surface area contributed by atoms with Crippen molar-refractivity contribution in [2.75, 3.05) is 26.7 Å². The number of likely N-dealkylation sites (tertiary alicyclic amines) is 1. The molecule has 2 nitrogen and oxygen atoms in total. The van der Waals surface area contributed by atoms with Gasteiger partial charge in [0.25, 0.3) is 0 Å². The summed E-state index contributed by atoms with van der Waals surface area (Å²) in [5.41, 5.74) is 3.03. The lowest BCUT2D eigenvalue weighted by Gasteiger charge is -2.39. The highest BCUT2D eigenvalue weighted by Crippen LogP contribution is 2.24. The summed E-state index contributed by atoms with van der Waals surface area (Å²) in [4.78, 5) is 5.14. The third kappa shape index (κ3) is 2.38. The minimum Gasteiger partial charge on any atom is -0.306 e. The fraction of sp³-hybridized carbons (Fsp3) is 0.600. The molecule has 1 radical (unpaired) electrons. The maximum atomic E-state index is 3.20. The molecule has 0 aromatic heterocycles. The van der Waals surface area contributed by atoms with E-state index >= 15 is 0 Å². The molecule has 1 saturated heterocycles. The summed E-state index contributed by atoms with van der Waals surface area (Å²) in [5, 5.41) is 0. The van der Waals surface area contributed by atoms with E-state index in [2.05, 4.69) is 41.1 Å². The van der Waals surface area contributed by atoms with Crippen molar-refractivity contribution >= 4 is 0 Å². The van der Waals surface area contributed by atoms with Gasteiger partial charge in [0, 0.05) is 19.1 Å². The average molecular weight is 229 g/mol. The Morgan fingerprint density at radius 2 is 2.00 bits per heavy atom. The smallest absolute Gasteiger partial charge is 0.0239 e. The first-order valence-electron chi connectivity index (χ1n) is 6.73. The van der Waals surface area contributed by atoms with Gasteiger partial charge in [-0.1, -0.05) is 18.2 Å². The second-order valence-electron chi connectivity index (χ2n) is 5.45. The van der Waals surface area contributed by atoms with E-state index in [4.69, 9.17) is 0 Å². The van der Waals surface area contributed by atoms with E-state index in [9.17, 15) is 0 Å². The summed E-state index contributed by atoms with van der Waals surface area (Å²) < 4.78 is 0. The van der Waals surface area contributed by atoms with Crippen molar-refractivity contribution < 1.29 is 0 Å². The Morgan fingerprint density at radius 1 is 1.18 bits per heavy atom. The van der Waals surface area contributed by atoms with Gasteiger partial charge >= 0.3 is 0 Å². The highest BCUT2D eigenvalue weighted by atomic mass is 15.2. The summed E-state index contributed by atoms with van der Waals surface area (Å²) >= 11 is 0. The quantitative estimate of drug-likeness (QED) is 0.726. The van der Waals surface area contributed by atoms with Crippen LogP contribution in [0.25, 0.3) is 0 Å². The van der Waals surface area contributed by atoms with Gasteiger partial charge in [0.1, 0.15) is 0 Å². The first-order valence-corrected chi connectivity index (χ1v) is 6.73. The largest absolute Gasteiger partial charge is 0.306 e. The van der Waals surface area contributed by atoms with E-state index in [-0.39, 0.29) is 0 Å². The molecule has 17 heavy (non-hydrogen) atoms. The normalized spacial score (nSPS) is 23.6. The Bertz CT molecular complexity index is 380. The third-order valence-electron chi connectivity index (χ3n) is 4.30. The fourth-order valence-electron chi connectivity index (χ4n) is 3.12. The molecule has 91 valence electrons. The minimum atomic E-state index is 0.809. The fourth-order valence-corrected chi connectivity index (χ4v) is 3.12. The molecule has 0 saturated carbocycles. The molecule has 3 rings (SSSR count). The predicted molar refractivity (Wildman–Crippen MR) is 69.9 cm³/mol. The molecule has 0 spiro atoms. The van der Waals surface area contributed by atoms with Crippen LogP contribution in [-0.4, -0.2) is 42.5 Å². The SMILES string of the molecule is CN1CCC(N2CCc3c[c]ccc3C2)CC1. The van der Waals surface area contributed by atoms with Gasteiger partial charge in [-0.3, -0.25) is 4.90 Å². The Kier molecular flexibility index (Phi) is 3.17. The monoisotopic (exact) mass is 229 g/mol. The molecular formula is C15H21N2. The van der Waals surface area contributed by atoms with Crippen molar-refractivity contribution in [2.24, 2.45) is 0 Å². The molecule has 0 bridgehead atoms. The summed E-state index contributed by atoms with van der Waals surface area (Å²) in [7, 11) is 2.23. The van der Waals surface area contributed by atoms with Crippen molar-refractivity contribution in [1.29, 1.82) is 0 Å². The Balaban J connectivity index is 1.68. The summed E-state index contributed by atoms with van der Waals surface area (Å²) in [6.45, 7) is 4.91. The van der Waals surface area contributed by atoms with Crippen LogP contribution in [0.1, 0.15) is 24.0 Å². The molecule has 2 aliphatic rings. The summed E-state index contributed by atoms with van der Waals surface area (Å²) in [6, 6.07) is 10.5. The van der Waals surface area contributed by atoms with E-state index in [1.807, 2.05) is 0 Å². The molecule has 2 aliphatic heterocycles. The van der Waals surface area contributed by atoms with Crippen LogP contribution in [0.4, 0.5) is 0 Å². The third-order valence-corrected chi connectivity index (χ3v) is 4.30. The molecule has 0 N–H and O–H groups in total. The lowest BCUT2D eigenvalue weighted by atomic mass is 9.95. The maximum Gasteiger partial charge on any atom is 0.0239 e. The number of hydrogen-bond donors (Lipinski definition) is 0. The maximum absolute atomic E-state index is 3.20. The van der Waals surface area contributed by atoms with Gasteiger partial charge in [-0.15, -0.1) is 0 Å². The Morgan fingerprint density at radius 3 is 2.82 bits per heavy atom. The van der Waals surface area contributed by atoms with E-state index in [1.54, 1.807) is 0 Å². The topological polar surface area (TPSA) is 6.48 Å². The number of nitrogens with zero attached hydrogens (tertiary/aromatic N) is 2. The lowest BCUT2D eigenvalue weighted by Crippen LogP contribution is -2.45. The number of hydrogen-bond acceptors (Lipinski definition) is 2. The molecule has 0 aliphatic carbocycles. The number of rotatable bonds is 1. The summed E-state index contributed by atoms with van der Waals surface area (Å²) in [5.74, 6) is 0. The van der Waals surface area contributed by atoms with Crippen molar-refractivity contribution in [3.63, 3.8) is 0 Å². The van der Waals surface area contributed by atoms with Crippen molar-refractivity contribution in [2.45, 2.75) is 31.8 Å². The van der Waals surface area contributed by atoms with Crippen LogP contribution in [0.2, 0.25) is 0 Å². The highest BCUT2D eigenvalue weighted by molar-refractivity contribution is 5.28. The van der Waals surface area contributed by atoms with Crippen LogP contribution in [0, 0.1) is 6.07 Å². The summed E-state index contributed by atoms with van der Waals surface area (Å²) in [6.07, 6.45) is 3.88. The second-order valence-corrected chi connectivity index (χ2v) is 5.45. The van der Waals surface area contributed by atoms with Gasteiger partial charge in [0.15, 0.2) is 0 Å². The molecule has 1 aromatic carbocycles. The van der Waals surface area contributed by atoms with Gasteiger partial charge in [0.05, 0.1) is 0 Å². The standard InChI is InChI=1S/C15H21N2/c1-16-9-7-15(8-10-16)17-11-6-13-4-2-3-5-14(13)12-17/h3-5,15H,6-12H2,1H3. The van der Waals surface area contributed by atoms with Gasteiger partial charge in [-0.2, -0.15) is 0 Å². The molecule has 0 atom stereocenters. The number of piperidine rings is 1. The lowest BCUT2D eigenvalue weighted by molar-refractivity contribution is 0.109. The first-order chi connectivity index (χ1) is 8.33. The molecule has 0 amide bonds. The van der Waals surface area contributed by atoms with Gasteiger partial charge in [0.2, 0.25) is 0 Å². The highest BCUT2D eigenvalue weighted by Gasteiger charge is 2.25. The van der Waals surface area contributed by atoms with Crippen LogP contribution >= 0.6 is 0 Å². The Labute approximate surface area is 104 Å². The van der Waals surface area contributed by atoms with E-state index in [0.29, 0.717) is 0 Å². The zero-order valence-corrected chi connectivity index (χ0v) is 10.7. The van der Waals surface area contributed by atoms with Crippen LogP contribution in [0.15, 0.2) is 18.2 Å². The van der Waals surface area contributed by atoms with Crippen molar-refractivity contribution in [3.05, 3.63) is 35.4 Å². The van der Waals surface area contributed by atoms with E-state index in [1.165, 1.54) is 50.0 Å². The van der Waals surface area contributed by atoms with E-state index < -0.39 is 0 Å². The molecule has 1 fully saturated rings. The number of fused-ring (bicyclic) bond motifs is 1. The Hall–Kier alpha value is -0.860. The molecule has 2 heterocycles. The van der Waals surface area contributed by atoms with Crippen LogP contribution in [0.5, 0.6) is 0 Å². The predicted octanol–water partition coefficient (Wildman–Crippen LogP) is 1.94.